The summed E-state index contributed by atoms with van der Waals surface area (Å²) >= 11 is 5.13. The van der Waals surface area contributed by atoms with Gasteiger partial charge in [-0.3, -0.25) is 4.79 Å². The van der Waals surface area contributed by atoms with Crippen molar-refractivity contribution in [2.24, 2.45) is 5.92 Å². The van der Waals surface area contributed by atoms with E-state index in [1.807, 2.05) is 11.4 Å². The first-order valence-electron chi connectivity index (χ1n) is 5.95. The number of thiophene rings is 1. The number of hydrogen-bond donors (Lipinski definition) is 2. The zero-order valence-corrected chi connectivity index (χ0v) is 12.1. The molecule has 1 aliphatic rings. The van der Waals surface area contributed by atoms with Gasteiger partial charge >= 0.3 is 0 Å². The smallest absolute Gasteiger partial charge is 0.220 e. The molecular formula is C12H17BrN2OS. The highest BCUT2D eigenvalue weighted by Crippen LogP contribution is 2.22. The highest BCUT2D eigenvalue weighted by atomic mass is 79.9. The van der Waals surface area contributed by atoms with Crippen LogP contribution in [0.5, 0.6) is 0 Å². The van der Waals surface area contributed by atoms with Crippen LogP contribution in [0, 0.1) is 5.92 Å². The van der Waals surface area contributed by atoms with E-state index in [0.29, 0.717) is 18.9 Å². The summed E-state index contributed by atoms with van der Waals surface area (Å²) in [4.78, 5) is 13.0. The molecule has 1 fully saturated rings. The summed E-state index contributed by atoms with van der Waals surface area (Å²) in [5.41, 5.74) is 0. The third-order valence-electron chi connectivity index (χ3n) is 3.07. The Labute approximate surface area is 114 Å². The number of rotatable bonds is 4. The molecule has 2 rings (SSSR count). The second-order valence-electron chi connectivity index (χ2n) is 4.37. The molecule has 0 bridgehead atoms. The van der Waals surface area contributed by atoms with Gasteiger partial charge in [0, 0.05) is 15.8 Å². The van der Waals surface area contributed by atoms with E-state index < -0.39 is 0 Å². The Morgan fingerprint density at radius 2 is 2.29 bits per heavy atom. The highest BCUT2D eigenvalue weighted by molar-refractivity contribution is 9.10. The van der Waals surface area contributed by atoms with E-state index in [9.17, 15) is 4.79 Å². The fourth-order valence-electron chi connectivity index (χ4n) is 2.05. The maximum absolute atomic E-state index is 11.8. The Balaban J connectivity index is 1.72. The number of amides is 1. The van der Waals surface area contributed by atoms with Crippen molar-refractivity contribution in [3.8, 4) is 0 Å². The maximum atomic E-state index is 11.8. The lowest BCUT2D eigenvalue weighted by molar-refractivity contribution is -0.122. The second kappa shape index (κ2) is 6.52. The third-order valence-corrected chi connectivity index (χ3v) is 5.00. The van der Waals surface area contributed by atoms with Crippen molar-refractivity contribution in [2.45, 2.75) is 25.8 Å². The summed E-state index contributed by atoms with van der Waals surface area (Å²) in [5, 5.41) is 8.33. The van der Waals surface area contributed by atoms with E-state index in [-0.39, 0.29) is 5.91 Å². The van der Waals surface area contributed by atoms with Crippen LogP contribution in [0.4, 0.5) is 0 Å². The molecule has 5 heteroatoms. The van der Waals surface area contributed by atoms with E-state index in [2.05, 4.69) is 26.6 Å². The summed E-state index contributed by atoms with van der Waals surface area (Å²) in [6, 6.07) is 2.01. The van der Waals surface area contributed by atoms with E-state index in [4.69, 9.17) is 0 Å². The Kier molecular flexibility index (Phi) is 5.00. The van der Waals surface area contributed by atoms with Gasteiger partial charge in [0.25, 0.3) is 0 Å². The molecule has 0 spiro atoms. The van der Waals surface area contributed by atoms with Crippen LogP contribution in [0.2, 0.25) is 0 Å². The van der Waals surface area contributed by atoms with Gasteiger partial charge < -0.3 is 10.6 Å². The van der Waals surface area contributed by atoms with Crippen LogP contribution in [0.25, 0.3) is 0 Å². The van der Waals surface area contributed by atoms with Crippen molar-refractivity contribution < 1.29 is 4.79 Å². The lowest BCUT2D eigenvalue weighted by atomic mass is 9.94. The summed E-state index contributed by atoms with van der Waals surface area (Å²) in [7, 11) is 0. The Bertz CT molecular complexity index is 374. The first-order valence-corrected chi connectivity index (χ1v) is 7.62. The van der Waals surface area contributed by atoms with Crippen LogP contribution >= 0.6 is 27.3 Å². The van der Waals surface area contributed by atoms with Gasteiger partial charge in [0.05, 0.1) is 6.54 Å². The standard InChI is InChI=1S/C12H17BrN2OS/c13-10-3-6-17-11(10)8-15-12(16)7-9-1-4-14-5-2-9/h3,6,9,14H,1-2,4-5,7-8H2,(H,15,16). The van der Waals surface area contributed by atoms with Crippen molar-refractivity contribution in [3.05, 3.63) is 20.8 Å². The molecule has 0 radical (unpaired) electrons. The molecule has 1 saturated heterocycles. The second-order valence-corrected chi connectivity index (χ2v) is 6.22. The highest BCUT2D eigenvalue weighted by Gasteiger charge is 2.16. The normalized spacial score (nSPS) is 17.0. The molecule has 17 heavy (non-hydrogen) atoms. The first kappa shape index (κ1) is 13.1. The summed E-state index contributed by atoms with van der Waals surface area (Å²) in [5.74, 6) is 0.736. The molecule has 0 saturated carbocycles. The monoisotopic (exact) mass is 316 g/mol. The van der Waals surface area contributed by atoms with Gasteiger partial charge in [0.2, 0.25) is 5.91 Å². The fraction of sp³-hybridized carbons (Fsp3) is 0.583. The van der Waals surface area contributed by atoms with E-state index in [1.165, 1.54) is 4.88 Å². The predicted molar refractivity (Wildman–Crippen MR) is 74.1 cm³/mol. The fourth-order valence-corrected chi connectivity index (χ4v) is 3.48. The molecule has 0 unspecified atom stereocenters. The molecule has 3 nitrogen and oxygen atoms in total. The topological polar surface area (TPSA) is 41.1 Å². The van der Waals surface area contributed by atoms with Crippen molar-refractivity contribution in [1.82, 2.24) is 10.6 Å². The van der Waals surface area contributed by atoms with Gasteiger partial charge in [-0.25, -0.2) is 0 Å². The van der Waals surface area contributed by atoms with Crippen LogP contribution in [0.3, 0.4) is 0 Å². The lowest BCUT2D eigenvalue weighted by Crippen LogP contribution is -2.32. The van der Waals surface area contributed by atoms with Gasteiger partial charge in [-0.2, -0.15) is 0 Å². The molecule has 1 aromatic heterocycles. The molecular weight excluding hydrogens is 300 g/mol. The first-order chi connectivity index (χ1) is 8.25. The van der Waals surface area contributed by atoms with Crippen LogP contribution < -0.4 is 10.6 Å². The zero-order valence-electron chi connectivity index (χ0n) is 9.67. The molecule has 2 heterocycles. The van der Waals surface area contributed by atoms with Crippen molar-refractivity contribution in [1.29, 1.82) is 0 Å². The summed E-state index contributed by atoms with van der Waals surface area (Å²) in [6.45, 7) is 2.74. The number of carbonyl (C=O) groups excluding carboxylic acids is 1. The van der Waals surface area contributed by atoms with Gasteiger partial charge in [-0.1, -0.05) is 0 Å². The van der Waals surface area contributed by atoms with Gasteiger partial charge in [-0.15, -0.1) is 11.3 Å². The minimum absolute atomic E-state index is 0.178. The Hall–Kier alpha value is -0.390. The number of hydrogen-bond acceptors (Lipinski definition) is 3. The SMILES string of the molecule is O=C(CC1CCNCC1)NCc1sccc1Br. The van der Waals surface area contributed by atoms with Gasteiger partial charge in [0.1, 0.15) is 0 Å². The molecule has 1 aromatic rings. The molecule has 0 atom stereocenters. The van der Waals surface area contributed by atoms with Gasteiger partial charge in [-0.05, 0) is 59.2 Å². The van der Waals surface area contributed by atoms with Crippen LogP contribution in [0.1, 0.15) is 24.1 Å². The van der Waals surface area contributed by atoms with Crippen molar-refractivity contribution in [3.63, 3.8) is 0 Å². The average molecular weight is 317 g/mol. The predicted octanol–water partition coefficient (Wildman–Crippen LogP) is 2.52. The molecule has 94 valence electrons. The Morgan fingerprint density at radius 3 is 2.94 bits per heavy atom. The quantitative estimate of drug-likeness (QED) is 0.896. The van der Waals surface area contributed by atoms with Crippen LogP contribution in [-0.4, -0.2) is 19.0 Å². The maximum Gasteiger partial charge on any atom is 0.220 e. The van der Waals surface area contributed by atoms with Crippen molar-refractivity contribution >= 4 is 33.2 Å². The number of carbonyl (C=O) groups is 1. The molecule has 0 aliphatic carbocycles. The minimum atomic E-state index is 0.178. The molecule has 1 aliphatic heterocycles. The molecule has 1 amide bonds. The summed E-state index contributed by atoms with van der Waals surface area (Å²) in [6.07, 6.45) is 2.91. The van der Waals surface area contributed by atoms with E-state index in [1.54, 1.807) is 11.3 Å². The van der Waals surface area contributed by atoms with E-state index in [0.717, 1.165) is 30.4 Å². The summed E-state index contributed by atoms with van der Waals surface area (Å²) < 4.78 is 1.09. The lowest BCUT2D eigenvalue weighted by Gasteiger charge is -2.21. The van der Waals surface area contributed by atoms with Gasteiger partial charge in [0.15, 0.2) is 0 Å². The number of halogens is 1. The minimum Gasteiger partial charge on any atom is -0.351 e. The van der Waals surface area contributed by atoms with E-state index >= 15 is 0 Å². The average Bonchev–Trinajstić information content (AvgIpc) is 2.74. The Morgan fingerprint density at radius 1 is 1.53 bits per heavy atom. The zero-order chi connectivity index (χ0) is 12.1. The largest absolute Gasteiger partial charge is 0.351 e. The third kappa shape index (κ3) is 4.08. The van der Waals surface area contributed by atoms with Crippen LogP contribution in [0.15, 0.2) is 15.9 Å². The van der Waals surface area contributed by atoms with Crippen LogP contribution in [-0.2, 0) is 11.3 Å². The number of piperidine rings is 1. The molecule has 2 N–H and O–H groups in total. The molecule has 0 aromatic carbocycles. The van der Waals surface area contributed by atoms with Crippen molar-refractivity contribution in [2.75, 3.05) is 13.1 Å². The number of nitrogens with one attached hydrogen (secondary N) is 2.